The number of aliphatic carboxylic acids is 1. The van der Waals surface area contributed by atoms with Crippen molar-refractivity contribution in [3.05, 3.63) is 71.8 Å². The zero-order valence-electron chi connectivity index (χ0n) is 12.5. The van der Waals surface area contributed by atoms with Gasteiger partial charge in [-0.25, -0.2) is 0 Å². The summed E-state index contributed by atoms with van der Waals surface area (Å²) < 4.78 is 12.3. The molecule has 0 saturated carbocycles. The molecule has 1 unspecified atom stereocenters. The maximum atomic E-state index is 12.3. The normalized spacial score (nSPS) is 15.0. The standard InChI is InChI=1S/C18H20O3S/c1-14(16-10-6-3-7-11-16)17(18(19)20)13-22(21)12-15-8-4-2-5-9-15/h2-11,14,17H,12-13H2,1H3,(H,19,20)/t14-,17+,22?/m1/s1. The fraction of sp³-hybridized carbons (Fsp3) is 0.278. The van der Waals surface area contributed by atoms with Crippen molar-refractivity contribution in [1.82, 2.24) is 0 Å². The topological polar surface area (TPSA) is 54.4 Å². The molecule has 22 heavy (non-hydrogen) atoms. The minimum Gasteiger partial charge on any atom is -0.481 e. The molecule has 4 heteroatoms. The van der Waals surface area contributed by atoms with Gasteiger partial charge in [0.15, 0.2) is 0 Å². The molecule has 2 aromatic carbocycles. The largest absolute Gasteiger partial charge is 0.481 e. The number of rotatable bonds is 7. The number of carbonyl (C=O) groups is 1. The Morgan fingerprint density at radius 3 is 2.14 bits per heavy atom. The summed E-state index contributed by atoms with van der Waals surface area (Å²) >= 11 is 0. The summed E-state index contributed by atoms with van der Waals surface area (Å²) in [5.74, 6) is -1.14. The van der Waals surface area contributed by atoms with Crippen LogP contribution >= 0.6 is 0 Å². The second-order valence-electron chi connectivity index (χ2n) is 5.38. The van der Waals surface area contributed by atoms with Gasteiger partial charge in [0.05, 0.1) is 5.92 Å². The SMILES string of the molecule is C[C@H](c1ccccc1)[C@H](CS(=O)Cc1ccccc1)C(=O)O. The lowest BCUT2D eigenvalue weighted by molar-refractivity contribution is -0.141. The first kappa shape index (κ1) is 16.4. The zero-order chi connectivity index (χ0) is 15.9. The van der Waals surface area contributed by atoms with Crippen molar-refractivity contribution < 1.29 is 14.1 Å². The molecule has 3 nitrogen and oxygen atoms in total. The molecule has 0 saturated heterocycles. The van der Waals surface area contributed by atoms with Gasteiger partial charge in [0.25, 0.3) is 0 Å². The van der Waals surface area contributed by atoms with Gasteiger partial charge < -0.3 is 5.11 Å². The molecule has 0 aliphatic rings. The molecule has 2 aromatic rings. The zero-order valence-corrected chi connectivity index (χ0v) is 13.3. The Hall–Kier alpha value is -1.94. The van der Waals surface area contributed by atoms with Crippen LogP contribution in [0.25, 0.3) is 0 Å². The Balaban J connectivity index is 2.06. The third-order valence-corrected chi connectivity index (χ3v) is 5.17. The Bertz CT molecular complexity index is 625. The molecule has 0 aliphatic carbocycles. The fourth-order valence-corrected chi connectivity index (χ4v) is 3.95. The molecule has 2 rings (SSSR count). The van der Waals surface area contributed by atoms with Crippen molar-refractivity contribution in [2.24, 2.45) is 5.92 Å². The highest BCUT2D eigenvalue weighted by molar-refractivity contribution is 7.84. The van der Waals surface area contributed by atoms with E-state index < -0.39 is 22.7 Å². The van der Waals surface area contributed by atoms with Crippen LogP contribution < -0.4 is 0 Å². The molecular formula is C18H20O3S. The van der Waals surface area contributed by atoms with Crippen LogP contribution in [-0.4, -0.2) is 21.0 Å². The van der Waals surface area contributed by atoms with Gasteiger partial charge >= 0.3 is 5.97 Å². The molecule has 1 N–H and O–H groups in total. The van der Waals surface area contributed by atoms with E-state index in [0.29, 0.717) is 5.75 Å². The van der Waals surface area contributed by atoms with Crippen molar-refractivity contribution >= 4 is 16.8 Å². The summed E-state index contributed by atoms with van der Waals surface area (Å²) in [6.07, 6.45) is 0. The summed E-state index contributed by atoms with van der Waals surface area (Å²) in [6.45, 7) is 1.88. The summed E-state index contributed by atoms with van der Waals surface area (Å²) in [5.41, 5.74) is 1.93. The van der Waals surface area contributed by atoms with Crippen LogP contribution in [0.15, 0.2) is 60.7 Å². The molecule has 0 bridgehead atoms. The number of carboxylic acid groups (broad SMARTS) is 1. The van der Waals surface area contributed by atoms with Crippen LogP contribution in [0.1, 0.15) is 24.0 Å². The molecule has 0 aromatic heterocycles. The maximum Gasteiger partial charge on any atom is 0.308 e. The molecule has 0 fully saturated rings. The second kappa shape index (κ2) is 7.90. The Labute approximate surface area is 133 Å². The van der Waals surface area contributed by atoms with E-state index in [2.05, 4.69) is 0 Å². The first-order valence-corrected chi connectivity index (χ1v) is 8.73. The molecule has 0 aliphatic heterocycles. The fourth-order valence-electron chi connectivity index (χ4n) is 2.44. The van der Waals surface area contributed by atoms with E-state index in [1.54, 1.807) is 0 Å². The number of hydrogen-bond acceptors (Lipinski definition) is 2. The lowest BCUT2D eigenvalue weighted by Crippen LogP contribution is -2.26. The average molecular weight is 316 g/mol. The summed E-state index contributed by atoms with van der Waals surface area (Å²) in [4.78, 5) is 11.6. The van der Waals surface area contributed by atoms with Crippen molar-refractivity contribution in [1.29, 1.82) is 0 Å². The number of benzene rings is 2. The highest BCUT2D eigenvalue weighted by Gasteiger charge is 2.27. The van der Waals surface area contributed by atoms with Crippen molar-refractivity contribution in [3.8, 4) is 0 Å². The van der Waals surface area contributed by atoms with Crippen LogP contribution in [0.5, 0.6) is 0 Å². The molecule has 0 amide bonds. The van der Waals surface area contributed by atoms with Crippen LogP contribution in [0.4, 0.5) is 0 Å². The van der Waals surface area contributed by atoms with Crippen LogP contribution in [-0.2, 0) is 21.3 Å². The van der Waals surface area contributed by atoms with Gasteiger partial charge in [0, 0.05) is 22.3 Å². The van der Waals surface area contributed by atoms with E-state index >= 15 is 0 Å². The molecule has 0 heterocycles. The Morgan fingerprint density at radius 1 is 1.05 bits per heavy atom. The van der Waals surface area contributed by atoms with Crippen LogP contribution in [0.2, 0.25) is 0 Å². The van der Waals surface area contributed by atoms with Crippen molar-refractivity contribution in [2.45, 2.75) is 18.6 Å². The minimum absolute atomic E-state index is 0.167. The van der Waals surface area contributed by atoms with E-state index in [1.165, 1.54) is 0 Å². The van der Waals surface area contributed by atoms with E-state index in [4.69, 9.17) is 0 Å². The minimum atomic E-state index is -1.20. The molecule has 116 valence electrons. The Kier molecular flexibility index (Phi) is 5.90. The van der Waals surface area contributed by atoms with E-state index in [-0.39, 0.29) is 11.7 Å². The van der Waals surface area contributed by atoms with Gasteiger partial charge in [-0.3, -0.25) is 9.00 Å². The maximum absolute atomic E-state index is 12.3. The Morgan fingerprint density at radius 2 is 1.59 bits per heavy atom. The number of carboxylic acids is 1. The molecule has 0 spiro atoms. The predicted octanol–water partition coefficient (Wildman–Crippen LogP) is 3.44. The predicted molar refractivity (Wildman–Crippen MR) is 89.1 cm³/mol. The summed E-state index contributed by atoms with van der Waals surface area (Å²) in [5, 5.41) is 9.49. The van der Waals surface area contributed by atoms with E-state index in [9.17, 15) is 14.1 Å². The quantitative estimate of drug-likeness (QED) is 0.851. The molecule has 3 atom stereocenters. The van der Waals surface area contributed by atoms with Crippen LogP contribution in [0, 0.1) is 5.92 Å². The second-order valence-corrected chi connectivity index (χ2v) is 6.88. The lowest BCUT2D eigenvalue weighted by atomic mass is 9.89. The summed E-state index contributed by atoms with van der Waals surface area (Å²) in [6, 6.07) is 19.0. The van der Waals surface area contributed by atoms with E-state index in [1.807, 2.05) is 67.6 Å². The smallest absolute Gasteiger partial charge is 0.308 e. The van der Waals surface area contributed by atoms with E-state index in [0.717, 1.165) is 11.1 Å². The monoisotopic (exact) mass is 316 g/mol. The van der Waals surface area contributed by atoms with Crippen LogP contribution in [0.3, 0.4) is 0 Å². The van der Waals surface area contributed by atoms with Gasteiger partial charge in [0.1, 0.15) is 0 Å². The lowest BCUT2D eigenvalue weighted by Gasteiger charge is -2.20. The summed E-state index contributed by atoms with van der Waals surface area (Å²) in [7, 11) is -1.20. The molecule has 0 radical (unpaired) electrons. The number of hydrogen-bond donors (Lipinski definition) is 1. The molecular weight excluding hydrogens is 296 g/mol. The highest BCUT2D eigenvalue weighted by Crippen LogP contribution is 2.25. The van der Waals surface area contributed by atoms with Gasteiger partial charge in [0.2, 0.25) is 0 Å². The first-order chi connectivity index (χ1) is 10.6. The van der Waals surface area contributed by atoms with Crippen molar-refractivity contribution in [3.63, 3.8) is 0 Å². The van der Waals surface area contributed by atoms with Crippen molar-refractivity contribution in [2.75, 3.05) is 5.75 Å². The van der Waals surface area contributed by atoms with Gasteiger partial charge in [-0.15, -0.1) is 0 Å². The third-order valence-electron chi connectivity index (χ3n) is 3.78. The van der Waals surface area contributed by atoms with Gasteiger partial charge in [-0.1, -0.05) is 67.6 Å². The van der Waals surface area contributed by atoms with Gasteiger partial charge in [-0.05, 0) is 17.0 Å². The highest BCUT2D eigenvalue weighted by atomic mass is 32.2. The first-order valence-electron chi connectivity index (χ1n) is 7.24. The third kappa shape index (κ3) is 4.53. The average Bonchev–Trinajstić information content (AvgIpc) is 2.53. The van der Waals surface area contributed by atoms with Gasteiger partial charge in [-0.2, -0.15) is 0 Å².